The average Bonchev–Trinajstić information content (AvgIpc) is 2.42. The molecule has 1 saturated heterocycles. The van der Waals surface area contributed by atoms with Crippen LogP contribution in [0.25, 0.3) is 0 Å². The minimum Gasteiger partial charge on any atom is -0.460 e. The van der Waals surface area contributed by atoms with Crippen LogP contribution in [0.3, 0.4) is 0 Å². The number of esters is 1. The van der Waals surface area contributed by atoms with Crippen LogP contribution in [0.4, 0.5) is 0 Å². The van der Waals surface area contributed by atoms with Gasteiger partial charge in [-0.25, -0.2) is 0 Å². The minimum atomic E-state index is -0.0757. The normalized spacial score (nSPS) is 21.4. The van der Waals surface area contributed by atoms with E-state index in [4.69, 9.17) is 4.74 Å². The largest absolute Gasteiger partial charge is 0.460 e. The Morgan fingerprint density at radius 2 is 1.95 bits per heavy atom. The Labute approximate surface area is 115 Å². The molecule has 1 aliphatic heterocycles. The van der Waals surface area contributed by atoms with Crippen molar-refractivity contribution in [3.05, 3.63) is 35.9 Å². The number of ether oxygens (including phenoxy) is 1. The fraction of sp³-hybridized carbons (Fsp3) is 0.562. The second kappa shape index (κ2) is 7.29. The van der Waals surface area contributed by atoms with Crippen molar-refractivity contribution < 1.29 is 9.53 Å². The molecular formula is C16H23NO2. The second-order valence-electron chi connectivity index (χ2n) is 5.29. The van der Waals surface area contributed by atoms with E-state index in [9.17, 15) is 4.79 Å². The molecule has 0 bridgehead atoms. The summed E-state index contributed by atoms with van der Waals surface area (Å²) < 4.78 is 5.45. The minimum absolute atomic E-state index is 0.0657. The number of rotatable bonds is 3. The second-order valence-corrected chi connectivity index (χ2v) is 5.29. The molecule has 3 nitrogen and oxygen atoms in total. The molecule has 0 spiro atoms. The molecule has 0 saturated carbocycles. The van der Waals surface area contributed by atoms with Gasteiger partial charge in [-0.1, -0.05) is 49.6 Å². The van der Waals surface area contributed by atoms with Gasteiger partial charge < -0.3 is 4.74 Å². The standard InChI is InChI=1S/C16H23NO2/c1-17-12-8-3-2-7-11-15(17)16(18)19-13-14-9-5-4-6-10-14/h4-6,9-10,15H,2-3,7-8,11-13H2,1H3. The van der Waals surface area contributed by atoms with E-state index < -0.39 is 0 Å². The summed E-state index contributed by atoms with van der Waals surface area (Å²) >= 11 is 0. The third-order valence-electron chi connectivity index (χ3n) is 3.77. The summed E-state index contributed by atoms with van der Waals surface area (Å²) in [5.41, 5.74) is 1.05. The lowest BCUT2D eigenvalue weighted by molar-refractivity contribution is -0.151. The number of benzene rings is 1. The van der Waals surface area contributed by atoms with Gasteiger partial charge in [0, 0.05) is 0 Å². The first-order chi connectivity index (χ1) is 9.27. The van der Waals surface area contributed by atoms with Crippen LogP contribution in [0, 0.1) is 0 Å². The van der Waals surface area contributed by atoms with E-state index in [0.717, 1.165) is 24.9 Å². The van der Waals surface area contributed by atoms with E-state index in [1.807, 2.05) is 37.4 Å². The van der Waals surface area contributed by atoms with Gasteiger partial charge in [0.15, 0.2) is 0 Å². The number of likely N-dealkylation sites (N-methyl/N-ethyl adjacent to an activating group) is 1. The van der Waals surface area contributed by atoms with Crippen molar-refractivity contribution in [2.45, 2.75) is 44.8 Å². The summed E-state index contributed by atoms with van der Waals surface area (Å²) in [4.78, 5) is 14.3. The molecular weight excluding hydrogens is 238 g/mol. The maximum absolute atomic E-state index is 12.2. The first-order valence-corrected chi connectivity index (χ1v) is 7.18. The number of likely N-dealkylation sites (tertiary alicyclic amines) is 1. The molecule has 0 radical (unpaired) electrons. The molecule has 0 amide bonds. The summed E-state index contributed by atoms with van der Waals surface area (Å²) in [5, 5.41) is 0. The van der Waals surface area contributed by atoms with Crippen molar-refractivity contribution in [1.29, 1.82) is 0 Å². The first-order valence-electron chi connectivity index (χ1n) is 7.18. The zero-order valence-electron chi connectivity index (χ0n) is 11.7. The molecule has 0 N–H and O–H groups in total. The van der Waals surface area contributed by atoms with Crippen LogP contribution >= 0.6 is 0 Å². The lowest BCUT2D eigenvalue weighted by Crippen LogP contribution is -2.40. The average molecular weight is 261 g/mol. The highest BCUT2D eigenvalue weighted by molar-refractivity contribution is 5.75. The zero-order valence-corrected chi connectivity index (χ0v) is 11.7. The van der Waals surface area contributed by atoms with Crippen LogP contribution in [-0.2, 0) is 16.1 Å². The molecule has 1 aromatic carbocycles. The predicted octanol–water partition coefficient (Wildman–Crippen LogP) is 2.99. The maximum atomic E-state index is 12.2. The maximum Gasteiger partial charge on any atom is 0.323 e. The van der Waals surface area contributed by atoms with Crippen molar-refractivity contribution in [2.24, 2.45) is 0 Å². The lowest BCUT2D eigenvalue weighted by Gasteiger charge is -2.28. The molecule has 104 valence electrons. The third kappa shape index (κ3) is 4.35. The third-order valence-corrected chi connectivity index (χ3v) is 3.77. The predicted molar refractivity (Wildman–Crippen MR) is 75.7 cm³/mol. The number of hydrogen-bond acceptors (Lipinski definition) is 3. The van der Waals surface area contributed by atoms with Crippen LogP contribution in [0.1, 0.15) is 37.7 Å². The lowest BCUT2D eigenvalue weighted by atomic mass is 10.0. The van der Waals surface area contributed by atoms with E-state index in [-0.39, 0.29) is 12.0 Å². The fourth-order valence-electron chi connectivity index (χ4n) is 2.55. The molecule has 0 aliphatic carbocycles. The molecule has 2 rings (SSSR count). The van der Waals surface area contributed by atoms with Crippen LogP contribution in [0.15, 0.2) is 30.3 Å². The topological polar surface area (TPSA) is 29.5 Å². The molecule has 1 aromatic rings. The van der Waals surface area contributed by atoms with Gasteiger partial charge in [0.2, 0.25) is 0 Å². The number of nitrogens with zero attached hydrogens (tertiary/aromatic N) is 1. The Kier molecular flexibility index (Phi) is 5.40. The van der Waals surface area contributed by atoms with Crippen molar-refractivity contribution in [1.82, 2.24) is 4.90 Å². The molecule has 1 unspecified atom stereocenters. The van der Waals surface area contributed by atoms with Gasteiger partial charge in [-0.3, -0.25) is 9.69 Å². The Morgan fingerprint density at radius 3 is 2.74 bits per heavy atom. The summed E-state index contributed by atoms with van der Waals surface area (Å²) in [6.45, 7) is 1.37. The summed E-state index contributed by atoms with van der Waals surface area (Å²) in [6.07, 6.45) is 5.73. The van der Waals surface area contributed by atoms with Gasteiger partial charge in [-0.05, 0) is 32.0 Å². The molecule has 1 heterocycles. The van der Waals surface area contributed by atoms with Crippen molar-refractivity contribution in [3.8, 4) is 0 Å². The summed E-state index contributed by atoms with van der Waals surface area (Å²) in [5.74, 6) is -0.0757. The Balaban J connectivity index is 1.86. The highest BCUT2D eigenvalue weighted by atomic mass is 16.5. The van der Waals surface area contributed by atoms with Gasteiger partial charge in [0.05, 0.1) is 0 Å². The Hall–Kier alpha value is -1.35. The number of hydrogen-bond donors (Lipinski definition) is 0. The quantitative estimate of drug-likeness (QED) is 0.783. The summed E-state index contributed by atoms with van der Waals surface area (Å²) in [7, 11) is 2.03. The van der Waals surface area contributed by atoms with Crippen LogP contribution in [0.5, 0.6) is 0 Å². The molecule has 1 atom stereocenters. The van der Waals surface area contributed by atoms with Gasteiger partial charge in [0.25, 0.3) is 0 Å². The smallest absolute Gasteiger partial charge is 0.323 e. The molecule has 1 fully saturated rings. The molecule has 0 aromatic heterocycles. The van der Waals surface area contributed by atoms with Gasteiger partial charge in [-0.15, -0.1) is 0 Å². The van der Waals surface area contributed by atoms with Crippen LogP contribution in [0.2, 0.25) is 0 Å². The van der Waals surface area contributed by atoms with Crippen molar-refractivity contribution >= 4 is 5.97 Å². The van der Waals surface area contributed by atoms with Crippen LogP contribution in [-0.4, -0.2) is 30.5 Å². The highest BCUT2D eigenvalue weighted by Gasteiger charge is 2.25. The fourth-order valence-corrected chi connectivity index (χ4v) is 2.55. The summed E-state index contributed by atoms with van der Waals surface area (Å²) in [6, 6.07) is 9.79. The van der Waals surface area contributed by atoms with E-state index in [1.54, 1.807) is 0 Å². The Bertz CT molecular complexity index is 391. The van der Waals surface area contributed by atoms with E-state index in [1.165, 1.54) is 19.3 Å². The highest BCUT2D eigenvalue weighted by Crippen LogP contribution is 2.16. The number of carbonyl (C=O) groups excluding carboxylic acids is 1. The van der Waals surface area contributed by atoms with Crippen molar-refractivity contribution in [3.63, 3.8) is 0 Å². The first kappa shape index (κ1) is 14.1. The SMILES string of the molecule is CN1CCCCCCC1C(=O)OCc1ccccc1. The van der Waals surface area contributed by atoms with Crippen molar-refractivity contribution in [2.75, 3.05) is 13.6 Å². The molecule has 1 aliphatic rings. The van der Waals surface area contributed by atoms with E-state index in [2.05, 4.69) is 4.90 Å². The van der Waals surface area contributed by atoms with E-state index in [0.29, 0.717) is 6.61 Å². The van der Waals surface area contributed by atoms with Gasteiger partial charge >= 0.3 is 5.97 Å². The van der Waals surface area contributed by atoms with Gasteiger partial charge in [0.1, 0.15) is 12.6 Å². The van der Waals surface area contributed by atoms with E-state index >= 15 is 0 Å². The number of carbonyl (C=O) groups is 1. The Morgan fingerprint density at radius 1 is 1.21 bits per heavy atom. The monoisotopic (exact) mass is 261 g/mol. The van der Waals surface area contributed by atoms with Gasteiger partial charge in [-0.2, -0.15) is 0 Å². The molecule has 3 heteroatoms. The zero-order chi connectivity index (χ0) is 13.5. The van der Waals surface area contributed by atoms with Crippen LogP contribution < -0.4 is 0 Å². The molecule has 19 heavy (non-hydrogen) atoms.